The summed E-state index contributed by atoms with van der Waals surface area (Å²) < 4.78 is 2.09. The van der Waals surface area contributed by atoms with Gasteiger partial charge in [0.1, 0.15) is 0 Å². The smallest absolute Gasteiger partial charge is 0.222 e. The number of hydrogen-bond acceptors (Lipinski definition) is 3. The van der Waals surface area contributed by atoms with Crippen molar-refractivity contribution in [3.8, 4) is 0 Å². The number of amides is 1. The molecule has 2 heterocycles. The van der Waals surface area contributed by atoms with E-state index in [0.717, 1.165) is 44.6 Å². The molecule has 1 aromatic heterocycles. The molecule has 1 amide bonds. The van der Waals surface area contributed by atoms with Gasteiger partial charge in [0.25, 0.3) is 0 Å². The van der Waals surface area contributed by atoms with Gasteiger partial charge in [0.2, 0.25) is 5.91 Å². The maximum atomic E-state index is 12.5. The lowest BCUT2D eigenvalue weighted by atomic mass is 10.0. The van der Waals surface area contributed by atoms with Crippen LogP contribution in [-0.2, 0) is 17.8 Å². The second-order valence-corrected chi connectivity index (χ2v) is 7.21. The van der Waals surface area contributed by atoms with Gasteiger partial charge < -0.3 is 10.2 Å². The number of carbonyl (C=O) groups is 1. The summed E-state index contributed by atoms with van der Waals surface area (Å²) in [5.74, 6) is 0.834. The van der Waals surface area contributed by atoms with Gasteiger partial charge in [-0.05, 0) is 57.7 Å². The molecule has 0 spiro atoms. The van der Waals surface area contributed by atoms with E-state index in [4.69, 9.17) is 0 Å². The third-order valence-corrected chi connectivity index (χ3v) is 4.91. The molecule has 0 unspecified atom stereocenters. The van der Waals surface area contributed by atoms with Crippen molar-refractivity contribution in [2.24, 2.45) is 5.92 Å². The van der Waals surface area contributed by atoms with Crippen LogP contribution in [0.3, 0.4) is 0 Å². The molecule has 2 rings (SSSR count). The Morgan fingerprint density at radius 2 is 2.00 bits per heavy atom. The molecule has 5 heteroatoms. The molecule has 23 heavy (non-hydrogen) atoms. The zero-order valence-corrected chi connectivity index (χ0v) is 15.4. The van der Waals surface area contributed by atoms with Gasteiger partial charge in [-0.3, -0.25) is 9.48 Å². The van der Waals surface area contributed by atoms with Gasteiger partial charge in [-0.25, -0.2) is 0 Å². The molecule has 1 aromatic rings. The van der Waals surface area contributed by atoms with Crippen molar-refractivity contribution in [2.75, 3.05) is 20.1 Å². The number of aryl methyl sites for hydroxylation is 1. The molecule has 1 saturated heterocycles. The van der Waals surface area contributed by atoms with Crippen LogP contribution < -0.4 is 5.32 Å². The molecular formula is C18H32N4O. The maximum Gasteiger partial charge on any atom is 0.222 e. The Morgan fingerprint density at radius 3 is 2.61 bits per heavy atom. The topological polar surface area (TPSA) is 50.2 Å². The molecule has 130 valence electrons. The Hall–Kier alpha value is -1.36. The SMILES string of the molecule is Cc1nn(CC(C)C)c(C)c1CCC(=O)N(C)C1CCNCC1. The van der Waals surface area contributed by atoms with Crippen LogP contribution in [0.15, 0.2) is 0 Å². The summed E-state index contributed by atoms with van der Waals surface area (Å²) in [6, 6.07) is 0.398. The van der Waals surface area contributed by atoms with Gasteiger partial charge in [0, 0.05) is 31.7 Å². The minimum atomic E-state index is 0.257. The van der Waals surface area contributed by atoms with Crippen LogP contribution in [0, 0.1) is 19.8 Å². The first kappa shape index (κ1) is 18.0. The number of nitrogens with one attached hydrogen (secondary N) is 1. The third-order valence-electron chi connectivity index (χ3n) is 4.91. The van der Waals surface area contributed by atoms with E-state index in [9.17, 15) is 4.79 Å². The van der Waals surface area contributed by atoms with Gasteiger partial charge in [0.15, 0.2) is 0 Å². The van der Waals surface area contributed by atoms with Gasteiger partial charge >= 0.3 is 0 Å². The zero-order valence-electron chi connectivity index (χ0n) is 15.4. The second-order valence-electron chi connectivity index (χ2n) is 7.21. The summed E-state index contributed by atoms with van der Waals surface area (Å²) in [5, 5.41) is 8.00. The Morgan fingerprint density at radius 1 is 1.35 bits per heavy atom. The van der Waals surface area contributed by atoms with E-state index in [1.165, 1.54) is 11.3 Å². The first-order valence-corrected chi connectivity index (χ1v) is 8.89. The molecule has 0 aliphatic carbocycles. The third kappa shape index (κ3) is 4.56. The van der Waals surface area contributed by atoms with E-state index in [0.29, 0.717) is 18.4 Å². The number of rotatable bonds is 6. The van der Waals surface area contributed by atoms with Crippen LogP contribution in [0.25, 0.3) is 0 Å². The number of piperidine rings is 1. The van der Waals surface area contributed by atoms with Gasteiger partial charge in [0.05, 0.1) is 5.69 Å². The Labute approximate surface area is 140 Å². The van der Waals surface area contributed by atoms with Crippen LogP contribution in [0.1, 0.15) is 50.1 Å². The minimum absolute atomic E-state index is 0.257. The molecule has 1 N–H and O–H groups in total. The fourth-order valence-electron chi connectivity index (χ4n) is 3.43. The van der Waals surface area contributed by atoms with Crippen LogP contribution in [0.2, 0.25) is 0 Å². The lowest BCUT2D eigenvalue weighted by Gasteiger charge is -2.31. The van der Waals surface area contributed by atoms with Crippen LogP contribution >= 0.6 is 0 Å². The van der Waals surface area contributed by atoms with Crippen LogP contribution in [-0.4, -0.2) is 46.8 Å². The quantitative estimate of drug-likeness (QED) is 0.875. The molecule has 5 nitrogen and oxygen atoms in total. The molecule has 0 radical (unpaired) electrons. The normalized spacial score (nSPS) is 16.1. The number of aromatic nitrogens is 2. The predicted octanol–water partition coefficient (Wildman–Crippen LogP) is 2.30. The van der Waals surface area contributed by atoms with Crippen molar-refractivity contribution in [1.82, 2.24) is 20.0 Å². The molecule has 0 atom stereocenters. The fourth-order valence-corrected chi connectivity index (χ4v) is 3.43. The first-order chi connectivity index (χ1) is 10.9. The van der Waals surface area contributed by atoms with E-state index in [1.54, 1.807) is 0 Å². The number of carbonyl (C=O) groups excluding carboxylic acids is 1. The molecule has 1 fully saturated rings. The summed E-state index contributed by atoms with van der Waals surface area (Å²) in [5.41, 5.74) is 3.53. The van der Waals surface area contributed by atoms with Crippen LogP contribution in [0.5, 0.6) is 0 Å². The van der Waals surface area contributed by atoms with Crippen molar-refractivity contribution in [3.05, 3.63) is 17.0 Å². The maximum absolute atomic E-state index is 12.5. The summed E-state index contributed by atoms with van der Waals surface area (Å²) in [7, 11) is 1.96. The highest BCUT2D eigenvalue weighted by Crippen LogP contribution is 2.18. The second kappa shape index (κ2) is 7.95. The average Bonchev–Trinajstić information content (AvgIpc) is 2.78. The van der Waals surface area contributed by atoms with Crippen molar-refractivity contribution in [2.45, 2.75) is 66.0 Å². The van der Waals surface area contributed by atoms with Gasteiger partial charge in [-0.1, -0.05) is 13.8 Å². The molecule has 1 aliphatic heterocycles. The minimum Gasteiger partial charge on any atom is -0.343 e. The highest BCUT2D eigenvalue weighted by atomic mass is 16.2. The van der Waals surface area contributed by atoms with Gasteiger partial charge in [-0.2, -0.15) is 5.10 Å². The Balaban J connectivity index is 1.94. The van der Waals surface area contributed by atoms with E-state index in [2.05, 4.69) is 42.8 Å². The average molecular weight is 320 g/mol. The number of nitrogens with zero attached hydrogens (tertiary/aromatic N) is 3. The molecule has 0 bridgehead atoms. The molecule has 0 saturated carbocycles. The number of hydrogen-bond donors (Lipinski definition) is 1. The Kier molecular flexibility index (Phi) is 6.22. The van der Waals surface area contributed by atoms with E-state index >= 15 is 0 Å². The Bertz CT molecular complexity index is 529. The molecule has 1 aliphatic rings. The zero-order chi connectivity index (χ0) is 17.0. The summed E-state index contributed by atoms with van der Waals surface area (Å²) in [6.45, 7) is 11.6. The van der Waals surface area contributed by atoms with Crippen molar-refractivity contribution in [1.29, 1.82) is 0 Å². The van der Waals surface area contributed by atoms with E-state index in [1.807, 2.05) is 11.9 Å². The van der Waals surface area contributed by atoms with E-state index < -0.39 is 0 Å². The fraction of sp³-hybridized carbons (Fsp3) is 0.778. The van der Waals surface area contributed by atoms with Crippen molar-refractivity contribution >= 4 is 5.91 Å². The summed E-state index contributed by atoms with van der Waals surface area (Å²) in [6.07, 6.45) is 3.50. The lowest BCUT2D eigenvalue weighted by molar-refractivity contribution is -0.132. The van der Waals surface area contributed by atoms with Gasteiger partial charge in [-0.15, -0.1) is 0 Å². The highest BCUT2D eigenvalue weighted by Gasteiger charge is 2.22. The largest absolute Gasteiger partial charge is 0.343 e. The van der Waals surface area contributed by atoms with E-state index in [-0.39, 0.29) is 5.91 Å². The monoisotopic (exact) mass is 320 g/mol. The first-order valence-electron chi connectivity index (χ1n) is 8.89. The van der Waals surface area contributed by atoms with Crippen LogP contribution in [0.4, 0.5) is 0 Å². The van der Waals surface area contributed by atoms with Crippen molar-refractivity contribution < 1.29 is 4.79 Å². The molecular weight excluding hydrogens is 288 g/mol. The standard InChI is InChI=1S/C18H32N4O/c1-13(2)12-22-15(4)17(14(3)20-22)6-7-18(23)21(5)16-8-10-19-11-9-16/h13,16,19H,6-12H2,1-5H3. The lowest BCUT2D eigenvalue weighted by Crippen LogP contribution is -2.44. The summed E-state index contributed by atoms with van der Waals surface area (Å²) in [4.78, 5) is 14.5. The highest BCUT2D eigenvalue weighted by molar-refractivity contribution is 5.76. The van der Waals surface area contributed by atoms with Crippen molar-refractivity contribution in [3.63, 3.8) is 0 Å². The molecule has 0 aromatic carbocycles. The summed E-state index contributed by atoms with van der Waals surface area (Å²) >= 11 is 0. The predicted molar refractivity (Wildman–Crippen MR) is 93.5 cm³/mol.